The first kappa shape index (κ1) is 15.7. The summed E-state index contributed by atoms with van der Waals surface area (Å²) >= 11 is 1.20. The van der Waals surface area contributed by atoms with Crippen LogP contribution in [0.25, 0.3) is 0 Å². The number of carboxylic acid groups (broad SMARTS) is 1. The molecule has 1 unspecified atom stereocenters. The Morgan fingerprint density at radius 3 is 3.05 bits per heavy atom. The number of ether oxygens (including phenoxy) is 1. The quantitative estimate of drug-likeness (QED) is 0.705. The molecule has 2 rings (SSSR count). The molecule has 0 saturated carbocycles. The first-order valence-electron chi connectivity index (χ1n) is 6.54. The normalized spacial score (nSPS) is 19.2. The van der Waals surface area contributed by atoms with E-state index in [0.717, 1.165) is 13.1 Å². The summed E-state index contributed by atoms with van der Waals surface area (Å²) < 4.78 is 5.53. The van der Waals surface area contributed by atoms with Crippen LogP contribution in [0.5, 0.6) is 0 Å². The van der Waals surface area contributed by atoms with Crippen molar-refractivity contribution in [2.75, 3.05) is 33.3 Å². The molecule has 8 nitrogen and oxygen atoms in total. The fourth-order valence-electron chi connectivity index (χ4n) is 1.91. The molecule has 9 heteroatoms. The molecule has 0 bridgehead atoms. The van der Waals surface area contributed by atoms with E-state index in [9.17, 15) is 9.59 Å². The van der Waals surface area contributed by atoms with E-state index < -0.39 is 5.97 Å². The summed E-state index contributed by atoms with van der Waals surface area (Å²) in [6.45, 7) is 3.00. The van der Waals surface area contributed by atoms with Crippen molar-refractivity contribution in [3.63, 3.8) is 0 Å². The van der Waals surface area contributed by atoms with Gasteiger partial charge in [-0.2, -0.15) is 0 Å². The summed E-state index contributed by atoms with van der Waals surface area (Å²) in [5.41, 5.74) is -0.00384. The van der Waals surface area contributed by atoms with Gasteiger partial charge in [0, 0.05) is 25.0 Å². The molecule has 1 atom stereocenters. The molecule has 116 valence electrons. The molecule has 2 amide bonds. The molecular formula is C12H18N4O4S. The number of nitrogens with zero attached hydrogens (tertiary/aromatic N) is 2. The lowest BCUT2D eigenvalue weighted by Crippen LogP contribution is -2.47. The fourth-order valence-corrected chi connectivity index (χ4v) is 2.61. The summed E-state index contributed by atoms with van der Waals surface area (Å²) in [5.74, 6) is -1.07. The van der Waals surface area contributed by atoms with Crippen LogP contribution in [0.4, 0.5) is 4.79 Å². The topological polar surface area (TPSA) is 104 Å². The maximum atomic E-state index is 11.7. The molecular weight excluding hydrogens is 296 g/mol. The molecule has 1 aliphatic heterocycles. The van der Waals surface area contributed by atoms with Gasteiger partial charge >= 0.3 is 12.0 Å². The number of amides is 2. The van der Waals surface area contributed by atoms with Gasteiger partial charge in [0.25, 0.3) is 0 Å². The van der Waals surface area contributed by atoms with Crippen LogP contribution in [0.2, 0.25) is 0 Å². The van der Waals surface area contributed by atoms with E-state index in [1.807, 2.05) is 7.05 Å². The second kappa shape index (κ2) is 7.34. The van der Waals surface area contributed by atoms with Crippen molar-refractivity contribution in [2.45, 2.75) is 12.6 Å². The van der Waals surface area contributed by atoms with Crippen molar-refractivity contribution in [1.82, 2.24) is 20.5 Å². The standard InChI is InChI=1S/C12H18N4O4S/c1-16-2-3-20-8(6-16)4-13-12(19)14-5-10-15-9(7-21-10)11(17)18/h7-8H,2-6H2,1H3,(H,17,18)(H2,13,14,19). The molecule has 21 heavy (non-hydrogen) atoms. The van der Waals surface area contributed by atoms with E-state index in [1.165, 1.54) is 16.7 Å². The smallest absolute Gasteiger partial charge is 0.355 e. The number of hydrogen-bond donors (Lipinski definition) is 3. The number of rotatable bonds is 5. The van der Waals surface area contributed by atoms with Gasteiger partial charge < -0.3 is 25.4 Å². The Hall–Kier alpha value is -1.71. The Kier molecular flexibility index (Phi) is 5.48. The van der Waals surface area contributed by atoms with Gasteiger partial charge in [0.05, 0.1) is 19.3 Å². The number of carboxylic acids is 1. The van der Waals surface area contributed by atoms with Crippen LogP contribution in [0.1, 0.15) is 15.5 Å². The van der Waals surface area contributed by atoms with Crippen LogP contribution in [-0.4, -0.2) is 66.4 Å². The van der Waals surface area contributed by atoms with Crippen molar-refractivity contribution >= 4 is 23.3 Å². The highest BCUT2D eigenvalue weighted by molar-refractivity contribution is 7.09. The Morgan fingerprint density at radius 2 is 2.38 bits per heavy atom. The molecule has 0 radical (unpaired) electrons. The minimum Gasteiger partial charge on any atom is -0.476 e. The molecule has 1 aromatic rings. The third kappa shape index (κ3) is 4.96. The second-order valence-corrected chi connectivity index (χ2v) is 5.69. The van der Waals surface area contributed by atoms with E-state index in [0.29, 0.717) is 18.2 Å². The third-order valence-corrected chi connectivity index (χ3v) is 3.85. The number of carbonyl (C=O) groups is 2. The molecule has 2 heterocycles. The zero-order valence-corrected chi connectivity index (χ0v) is 12.5. The number of likely N-dealkylation sites (N-methyl/N-ethyl adjacent to an activating group) is 1. The lowest BCUT2D eigenvalue weighted by atomic mass is 10.3. The van der Waals surface area contributed by atoms with Gasteiger partial charge in [-0.05, 0) is 7.05 Å². The van der Waals surface area contributed by atoms with Crippen molar-refractivity contribution in [3.05, 3.63) is 16.1 Å². The maximum absolute atomic E-state index is 11.7. The highest BCUT2D eigenvalue weighted by atomic mass is 32.1. The Bertz CT molecular complexity index is 507. The van der Waals surface area contributed by atoms with Gasteiger partial charge in [-0.1, -0.05) is 0 Å². The molecule has 0 spiro atoms. The average molecular weight is 314 g/mol. The van der Waals surface area contributed by atoms with Gasteiger partial charge in [0.1, 0.15) is 5.01 Å². The summed E-state index contributed by atoms with van der Waals surface area (Å²) in [5, 5.41) is 16.1. The van der Waals surface area contributed by atoms with Crippen LogP contribution in [-0.2, 0) is 11.3 Å². The Balaban J connectivity index is 1.68. The van der Waals surface area contributed by atoms with E-state index in [4.69, 9.17) is 9.84 Å². The van der Waals surface area contributed by atoms with Crippen LogP contribution >= 0.6 is 11.3 Å². The van der Waals surface area contributed by atoms with E-state index in [-0.39, 0.29) is 24.4 Å². The molecule has 3 N–H and O–H groups in total. The SMILES string of the molecule is CN1CCOC(CNC(=O)NCc2nc(C(=O)O)cs2)C1. The largest absolute Gasteiger partial charge is 0.476 e. The Labute approximate surface area is 126 Å². The number of carbonyl (C=O) groups excluding carboxylic acids is 1. The zero-order valence-electron chi connectivity index (χ0n) is 11.7. The third-order valence-electron chi connectivity index (χ3n) is 3.00. The highest BCUT2D eigenvalue weighted by Crippen LogP contribution is 2.09. The van der Waals surface area contributed by atoms with Crippen molar-refractivity contribution in [1.29, 1.82) is 0 Å². The van der Waals surface area contributed by atoms with Gasteiger partial charge in [0.2, 0.25) is 0 Å². The average Bonchev–Trinajstić information content (AvgIpc) is 2.92. The fraction of sp³-hybridized carbons (Fsp3) is 0.583. The number of thiazole rings is 1. The van der Waals surface area contributed by atoms with Gasteiger partial charge in [0.15, 0.2) is 5.69 Å². The van der Waals surface area contributed by atoms with E-state index in [1.54, 1.807) is 0 Å². The molecule has 1 saturated heterocycles. The minimum absolute atomic E-state index is 0.00384. The summed E-state index contributed by atoms with van der Waals surface area (Å²) in [7, 11) is 2.01. The Morgan fingerprint density at radius 1 is 1.57 bits per heavy atom. The predicted octanol–water partition coefficient (Wildman–Crippen LogP) is -0.0289. The molecule has 1 fully saturated rings. The lowest BCUT2D eigenvalue weighted by Gasteiger charge is -2.30. The van der Waals surface area contributed by atoms with Crippen LogP contribution in [0.3, 0.4) is 0 Å². The molecule has 1 aliphatic rings. The second-order valence-electron chi connectivity index (χ2n) is 4.75. The van der Waals surface area contributed by atoms with E-state index >= 15 is 0 Å². The van der Waals surface area contributed by atoms with Crippen molar-refractivity contribution in [3.8, 4) is 0 Å². The summed E-state index contributed by atoms with van der Waals surface area (Å²) in [6.07, 6.45) is -0.00650. The highest BCUT2D eigenvalue weighted by Gasteiger charge is 2.18. The monoisotopic (exact) mass is 314 g/mol. The van der Waals surface area contributed by atoms with Crippen molar-refractivity contribution < 1.29 is 19.4 Å². The number of aromatic nitrogens is 1. The van der Waals surface area contributed by atoms with Gasteiger partial charge in [-0.15, -0.1) is 11.3 Å². The minimum atomic E-state index is -1.07. The summed E-state index contributed by atoms with van der Waals surface area (Å²) in [4.78, 5) is 28.4. The van der Waals surface area contributed by atoms with Crippen LogP contribution < -0.4 is 10.6 Å². The lowest BCUT2D eigenvalue weighted by molar-refractivity contribution is -0.0167. The number of nitrogens with one attached hydrogen (secondary N) is 2. The molecule has 0 aromatic carbocycles. The van der Waals surface area contributed by atoms with Crippen molar-refractivity contribution in [2.24, 2.45) is 0 Å². The van der Waals surface area contributed by atoms with Crippen LogP contribution in [0.15, 0.2) is 5.38 Å². The number of morpholine rings is 1. The summed E-state index contributed by atoms with van der Waals surface area (Å²) in [6, 6.07) is -0.320. The molecule has 1 aromatic heterocycles. The first-order chi connectivity index (χ1) is 10.0. The first-order valence-corrected chi connectivity index (χ1v) is 7.42. The van der Waals surface area contributed by atoms with E-state index in [2.05, 4.69) is 20.5 Å². The van der Waals surface area contributed by atoms with Gasteiger partial charge in [-0.25, -0.2) is 14.6 Å². The van der Waals surface area contributed by atoms with Gasteiger partial charge in [-0.3, -0.25) is 0 Å². The zero-order chi connectivity index (χ0) is 15.2. The predicted molar refractivity (Wildman–Crippen MR) is 76.5 cm³/mol. The number of urea groups is 1. The van der Waals surface area contributed by atoms with Crippen LogP contribution in [0, 0.1) is 0 Å². The number of aromatic carboxylic acids is 1. The molecule has 0 aliphatic carbocycles. The maximum Gasteiger partial charge on any atom is 0.355 e. The number of hydrogen-bond acceptors (Lipinski definition) is 6.